The molecule has 0 aromatic heterocycles. The standard InChI is InChI=1S/C14H21BrN2/c1-10-8-13(4-5-14(10)15)17-7-6-12(9-16-3)11(17)2/h4-5,8,11-12,16H,6-7,9H2,1-3H3. The summed E-state index contributed by atoms with van der Waals surface area (Å²) < 4.78 is 1.19. The molecule has 1 N–H and O–H groups in total. The van der Waals surface area contributed by atoms with E-state index in [4.69, 9.17) is 0 Å². The largest absolute Gasteiger partial charge is 0.368 e. The Balaban J connectivity index is 2.15. The predicted molar refractivity (Wildman–Crippen MR) is 77.7 cm³/mol. The van der Waals surface area contributed by atoms with Gasteiger partial charge in [-0.3, -0.25) is 0 Å². The summed E-state index contributed by atoms with van der Waals surface area (Å²) in [7, 11) is 2.04. The summed E-state index contributed by atoms with van der Waals surface area (Å²) in [6.07, 6.45) is 1.29. The summed E-state index contributed by atoms with van der Waals surface area (Å²) in [5.41, 5.74) is 2.67. The fourth-order valence-electron chi connectivity index (χ4n) is 2.71. The first-order valence-corrected chi connectivity index (χ1v) is 7.10. The summed E-state index contributed by atoms with van der Waals surface area (Å²) >= 11 is 3.56. The molecule has 1 aromatic rings. The highest BCUT2D eigenvalue weighted by molar-refractivity contribution is 9.10. The maximum Gasteiger partial charge on any atom is 0.0372 e. The molecule has 2 rings (SSSR count). The average Bonchev–Trinajstić information content (AvgIpc) is 2.66. The lowest BCUT2D eigenvalue weighted by atomic mass is 10.0. The van der Waals surface area contributed by atoms with Crippen molar-refractivity contribution in [2.45, 2.75) is 26.3 Å². The zero-order valence-electron chi connectivity index (χ0n) is 10.8. The van der Waals surface area contributed by atoms with E-state index in [0.29, 0.717) is 6.04 Å². The molecule has 0 amide bonds. The van der Waals surface area contributed by atoms with Gasteiger partial charge < -0.3 is 10.2 Å². The van der Waals surface area contributed by atoms with Gasteiger partial charge in [-0.05, 0) is 63.5 Å². The first kappa shape index (κ1) is 12.9. The minimum atomic E-state index is 0.628. The fourth-order valence-corrected chi connectivity index (χ4v) is 2.96. The van der Waals surface area contributed by atoms with Gasteiger partial charge in [-0.1, -0.05) is 15.9 Å². The zero-order chi connectivity index (χ0) is 12.4. The number of nitrogens with one attached hydrogen (secondary N) is 1. The van der Waals surface area contributed by atoms with Crippen LogP contribution in [0.3, 0.4) is 0 Å². The van der Waals surface area contributed by atoms with Crippen LogP contribution in [-0.4, -0.2) is 26.2 Å². The van der Waals surface area contributed by atoms with E-state index in [-0.39, 0.29) is 0 Å². The number of hydrogen-bond donors (Lipinski definition) is 1. The van der Waals surface area contributed by atoms with Crippen LogP contribution in [0.1, 0.15) is 18.9 Å². The molecule has 2 unspecified atom stereocenters. The summed E-state index contributed by atoms with van der Waals surface area (Å²) in [6, 6.07) is 7.28. The maximum absolute atomic E-state index is 3.56. The van der Waals surface area contributed by atoms with Crippen LogP contribution in [0.2, 0.25) is 0 Å². The Kier molecular flexibility index (Phi) is 4.10. The van der Waals surface area contributed by atoms with Gasteiger partial charge in [0.15, 0.2) is 0 Å². The quantitative estimate of drug-likeness (QED) is 0.921. The lowest BCUT2D eigenvalue weighted by Crippen LogP contribution is -2.33. The minimum absolute atomic E-state index is 0.628. The van der Waals surface area contributed by atoms with Gasteiger partial charge in [0.05, 0.1) is 0 Å². The summed E-state index contributed by atoms with van der Waals surface area (Å²) in [4.78, 5) is 2.53. The van der Waals surface area contributed by atoms with Crippen molar-refractivity contribution in [1.82, 2.24) is 5.32 Å². The van der Waals surface area contributed by atoms with Crippen LogP contribution in [0.25, 0.3) is 0 Å². The normalized spacial score (nSPS) is 24.4. The smallest absolute Gasteiger partial charge is 0.0372 e. The summed E-state index contributed by atoms with van der Waals surface area (Å²) in [5.74, 6) is 0.768. The monoisotopic (exact) mass is 296 g/mol. The average molecular weight is 297 g/mol. The highest BCUT2D eigenvalue weighted by Gasteiger charge is 2.30. The van der Waals surface area contributed by atoms with E-state index in [1.807, 2.05) is 7.05 Å². The van der Waals surface area contributed by atoms with Crippen molar-refractivity contribution in [2.24, 2.45) is 5.92 Å². The molecule has 1 heterocycles. The molecule has 94 valence electrons. The molecule has 0 bridgehead atoms. The molecule has 0 aliphatic carbocycles. The van der Waals surface area contributed by atoms with Crippen LogP contribution in [0.4, 0.5) is 5.69 Å². The van der Waals surface area contributed by atoms with Crippen LogP contribution in [0.15, 0.2) is 22.7 Å². The van der Waals surface area contributed by atoms with Crippen molar-refractivity contribution < 1.29 is 0 Å². The van der Waals surface area contributed by atoms with E-state index in [2.05, 4.69) is 58.2 Å². The molecule has 0 spiro atoms. The minimum Gasteiger partial charge on any atom is -0.368 e. The van der Waals surface area contributed by atoms with E-state index in [9.17, 15) is 0 Å². The van der Waals surface area contributed by atoms with Crippen LogP contribution in [0.5, 0.6) is 0 Å². The second-order valence-electron chi connectivity index (χ2n) is 4.97. The van der Waals surface area contributed by atoms with Crippen molar-refractivity contribution >= 4 is 21.6 Å². The van der Waals surface area contributed by atoms with Gasteiger partial charge in [-0.25, -0.2) is 0 Å². The van der Waals surface area contributed by atoms with Crippen molar-refractivity contribution in [3.63, 3.8) is 0 Å². The summed E-state index contributed by atoms with van der Waals surface area (Å²) in [6.45, 7) is 6.79. The third-order valence-electron chi connectivity index (χ3n) is 3.85. The number of hydrogen-bond acceptors (Lipinski definition) is 2. The van der Waals surface area contributed by atoms with Crippen molar-refractivity contribution in [3.8, 4) is 0 Å². The van der Waals surface area contributed by atoms with Crippen molar-refractivity contribution in [1.29, 1.82) is 0 Å². The molecular formula is C14H21BrN2. The second-order valence-corrected chi connectivity index (χ2v) is 5.83. The van der Waals surface area contributed by atoms with Crippen molar-refractivity contribution in [2.75, 3.05) is 25.0 Å². The Morgan fingerprint density at radius 2 is 2.24 bits per heavy atom. The van der Waals surface area contributed by atoms with Crippen LogP contribution >= 0.6 is 15.9 Å². The van der Waals surface area contributed by atoms with Crippen LogP contribution in [-0.2, 0) is 0 Å². The topological polar surface area (TPSA) is 15.3 Å². The van der Waals surface area contributed by atoms with E-state index in [1.165, 1.54) is 28.7 Å². The maximum atomic E-state index is 3.56. The van der Waals surface area contributed by atoms with E-state index in [0.717, 1.165) is 12.5 Å². The number of anilines is 1. The summed E-state index contributed by atoms with van der Waals surface area (Å²) in [5, 5.41) is 3.30. The number of nitrogens with zero attached hydrogens (tertiary/aromatic N) is 1. The molecule has 17 heavy (non-hydrogen) atoms. The van der Waals surface area contributed by atoms with Crippen LogP contribution < -0.4 is 10.2 Å². The molecule has 1 aliphatic heterocycles. The molecule has 2 nitrogen and oxygen atoms in total. The van der Waals surface area contributed by atoms with E-state index < -0.39 is 0 Å². The molecule has 1 saturated heterocycles. The number of aryl methyl sites for hydroxylation is 1. The number of benzene rings is 1. The van der Waals surface area contributed by atoms with Gasteiger partial charge >= 0.3 is 0 Å². The lowest BCUT2D eigenvalue weighted by molar-refractivity contribution is 0.473. The molecule has 0 saturated carbocycles. The molecule has 3 heteroatoms. The highest BCUT2D eigenvalue weighted by Crippen LogP contribution is 2.31. The van der Waals surface area contributed by atoms with Gasteiger partial charge in [-0.2, -0.15) is 0 Å². The van der Waals surface area contributed by atoms with E-state index in [1.54, 1.807) is 0 Å². The Morgan fingerprint density at radius 1 is 1.47 bits per heavy atom. The molecule has 1 aliphatic rings. The third kappa shape index (κ3) is 2.66. The van der Waals surface area contributed by atoms with E-state index >= 15 is 0 Å². The van der Waals surface area contributed by atoms with Gasteiger partial charge in [0.1, 0.15) is 0 Å². The molecule has 2 atom stereocenters. The first-order valence-electron chi connectivity index (χ1n) is 6.31. The SMILES string of the molecule is CNCC1CCN(c2ccc(Br)c(C)c2)C1C. The molecular weight excluding hydrogens is 276 g/mol. The number of rotatable bonds is 3. The second kappa shape index (κ2) is 5.40. The van der Waals surface area contributed by atoms with Gasteiger partial charge in [0.25, 0.3) is 0 Å². The van der Waals surface area contributed by atoms with Gasteiger partial charge in [-0.15, -0.1) is 0 Å². The zero-order valence-corrected chi connectivity index (χ0v) is 12.4. The van der Waals surface area contributed by atoms with Gasteiger partial charge in [0, 0.05) is 22.7 Å². The third-order valence-corrected chi connectivity index (χ3v) is 4.74. The highest BCUT2D eigenvalue weighted by atomic mass is 79.9. The predicted octanol–water partition coefficient (Wildman–Crippen LogP) is 3.19. The Bertz CT molecular complexity index is 392. The Morgan fingerprint density at radius 3 is 2.88 bits per heavy atom. The first-order chi connectivity index (χ1) is 8.13. The molecule has 1 aromatic carbocycles. The number of halogens is 1. The Labute approximate surface area is 113 Å². The van der Waals surface area contributed by atoms with Crippen LogP contribution in [0, 0.1) is 12.8 Å². The lowest BCUT2D eigenvalue weighted by Gasteiger charge is -2.27. The Hall–Kier alpha value is -0.540. The van der Waals surface area contributed by atoms with Crippen molar-refractivity contribution in [3.05, 3.63) is 28.2 Å². The molecule has 1 fully saturated rings. The fraction of sp³-hybridized carbons (Fsp3) is 0.571. The molecule has 0 radical (unpaired) electrons. The van der Waals surface area contributed by atoms with Gasteiger partial charge in [0.2, 0.25) is 0 Å².